The number of rotatable bonds is 4. The van der Waals surface area contributed by atoms with Crippen molar-refractivity contribution >= 4 is 23.4 Å². The van der Waals surface area contributed by atoms with Crippen molar-refractivity contribution in [3.63, 3.8) is 0 Å². The molecule has 0 amide bonds. The summed E-state index contributed by atoms with van der Waals surface area (Å²) in [5.41, 5.74) is 0.480. The second-order valence-electron chi connectivity index (χ2n) is 4.32. The van der Waals surface area contributed by atoms with Crippen LogP contribution in [0.2, 0.25) is 0 Å². The van der Waals surface area contributed by atoms with Gasteiger partial charge in [0.15, 0.2) is 0 Å². The molecule has 1 heterocycles. The van der Waals surface area contributed by atoms with Gasteiger partial charge >= 0.3 is 5.97 Å². The van der Waals surface area contributed by atoms with Crippen LogP contribution in [0, 0.1) is 5.41 Å². The predicted octanol–water partition coefficient (Wildman–Crippen LogP) is 2.50. The Morgan fingerprint density at radius 3 is 2.53 bits per heavy atom. The lowest BCUT2D eigenvalue weighted by molar-refractivity contribution is -0.132. The maximum absolute atomic E-state index is 11.2. The maximum Gasteiger partial charge on any atom is 0.356 e. The molecule has 1 N–H and O–H groups in total. The first-order chi connectivity index (χ1) is 9.20. The number of hydrogen-bond donors (Lipinski definition) is 1. The molecule has 1 aliphatic rings. The number of carbonyl (C=O) groups is 1. The van der Waals surface area contributed by atoms with Crippen LogP contribution in [-0.2, 0) is 14.3 Å². The van der Waals surface area contributed by atoms with Gasteiger partial charge in [0.25, 0.3) is 0 Å². The van der Waals surface area contributed by atoms with Gasteiger partial charge in [-0.05, 0) is 25.0 Å². The summed E-state index contributed by atoms with van der Waals surface area (Å²) >= 11 is 1.83. The molecule has 0 saturated carbocycles. The van der Waals surface area contributed by atoms with Crippen LogP contribution in [0.5, 0.6) is 0 Å². The first-order valence-electron chi connectivity index (χ1n) is 6.22. The van der Waals surface area contributed by atoms with Crippen molar-refractivity contribution in [3.05, 3.63) is 29.8 Å². The third-order valence-corrected chi connectivity index (χ3v) is 4.35. The highest BCUT2D eigenvalue weighted by molar-refractivity contribution is 8.00. The summed E-state index contributed by atoms with van der Waals surface area (Å²) in [5, 5.41) is 8.26. The quantitative estimate of drug-likeness (QED) is 0.679. The van der Waals surface area contributed by atoms with E-state index >= 15 is 0 Å². The number of methoxy groups -OCH3 is 1. The standard InChI is InChI=1S/C14H17NO3S/c1-17-14(16)13(15)10-2-4-11(5-3-10)19-12-6-8-18-9-7-12/h2-5,12,15H,6-9H2,1H3. The minimum atomic E-state index is -0.607. The minimum absolute atomic E-state index is 0.106. The molecule has 0 unspecified atom stereocenters. The Hall–Kier alpha value is -1.33. The van der Waals surface area contributed by atoms with E-state index in [1.165, 1.54) is 7.11 Å². The molecule has 0 bridgehead atoms. The van der Waals surface area contributed by atoms with E-state index < -0.39 is 5.97 Å². The molecular formula is C14H17NO3S. The number of benzene rings is 1. The van der Waals surface area contributed by atoms with Crippen LogP contribution in [-0.4, -0.2) is 37.3 Å². The highest BCUT2D eigenvalue weighted by Crippen LogP contribution is 2.29. The molecule has 102 valence electrons. The number of thioether (sulfide) groups is 1. The summed E-state index contributed by atoms with van der Waals surface area (Å²) in [6.07, 6.45) is 2.15. The van der Waals surface area contributed by atoms with Crippen LogP contribution < -0.4 is 0 Å². The molecule has 0 aromatic heterocycles. The van der Waals surface area contributed by atoms with Gasteiger partial charge in [-0.25, -0.2) is 4.79 Å². The Balaban J connectivity index is 1.97. The average Bonchev–Trinajstić information content (AvgIpc) is 2.47. The van der Waals surface area contributed by atoms with Gasteiger partial charge in [-0.1, -0.05) is 12.1 Å². The molecular weight excluding hydrogens is 262 g/mol. The summed E-state index contributed by atoms with van der Waals surface area (Å²) in [5.74, 6) is -0.607. The molecule has 1 saturated heterocycles. The van der Waals surface area contributed by atoms with Crippen LogP contribution in [0.15, 0.2) is 29.2 Å². The summed E-state index contributed by atoms with van der Waals surface area (Å²) in [6.45, 7) is 1.67. The van der Waals surface area contributed by atoms with Crippen LogP contribution in [0.4, 0.5) is 0 Å². The Kier molecular flexibility index (Phi) is 4.99. The monoisotopic (exact) mass is 279 g/mol. The van der Waals surface area contributed by atoms with Crippen molar-refractivity contribution < 1.29 is 14.3 Å². The summed E-state index contributed by atoms with van der Waals surface area (Å²) in [6, 6.07) is 7.49. The fourth-order valence-electron chi connectivity index (χ4n) is 1.91. The molecule has 0 atom stereocenters. The van der Waals surface area contributed by atoms with Gasteiger partial charge in [0.2, 0.25) is 0 Å². The third kappa shape index (κ3) is 3.81. The largest absolute Gasteiger partial charge is 0.464 e. The lowest BCUT2D eigenvalue weighted by atomic mass is 10.1. The first kappa shape index (κ1) is 14.1. The molecule has 1 fully saturated rings. The van der Waals surface area contributed by atoms with Gasteiger partial charge in [-0.2, -0.15) is 0 Å². The Morgan fingerprint density at radius 2 is 1.95 bits per heavy atom. The average molecular weight is 279 g/mol. The molecule has 2 rings (SSSR count). The molecule has 4 nitrogen and oxygen atoms in total. The van der Waals surface area contributed by atoms with Crippen LogP contribution >= 0.6 is 11.8 Å². The van der Waals surface area contributed by atoms with Gasteiger partial charge < -0.3 is 9.47 Å². The normalized spacial score (nSPS) is 16.1. The van der Waals surface area contributed by atoms with Crippen molar-refractivity contribution in [2.75, 3.05) is 20.3 Å². The second-order valence-corrected chi connectivity index (χ2v) is 5.69. The highest BCUT2D eigenvalue weighted by atomic mass is 32.2. The maximum atomic E-state index is 11.2. The molecule has 1 aliphatic heterocycles. The van der Waals surface area contributed by atoms with Crippen molar-refractivity contribution in [2.45, 2.75) is 23.0 Å². The zero-order valence-electron chi connectivity index (χ0n) is 10.8. The lowest BCUT2D eigenvalue weighted by Crippen LogP contribution is -2.17. The zero-order chi connectivity index (χ0) is 13.7. The van der Waals surface area contributed by atoms with Crippen molar-refractivity contribution in [1.29, 1.82) is 5.41 Å². The van der Waals surface area contributed by atoms with Crippen LogP contribution in [0.3, 0.4) is 0 Å². The van der Waals surface area contributed by atoms with E-state index in [1.54, 1.807) is 12.1 Å². The van der Waals surface area contributed by atoms with Crippen molar-refractivity contribution in [3.8, 4) is 0 Å². The smallest absolute Gasteiger partial charge is 0.356 e. The van der Waals surface area contributed by atoms with E-state index in [0.717, 1.165) is 31.0 Å². The van der Waals surface area contributed by atoms with Gasteiger partial charge in [0, 0.05) is 28.9 Å². The van der Waals surface area contributed by atoms with E-state index in [0.29, 0.717) is 10.8 Å². The number of esters is 1. The van der Waals surface area contributed by atoms with Crippen LogP contribution in [0.1, 0.15) is 18.4 Å². The summed E-state index contributed by atoms with van der Waals surface area (Å²) in [7, 11) is 1.28. The van der Waals surface area contributed by atoms with Crippen molar-refractivity contribution in [1.82, 2.24) is 0 Å². The highest BCUT2D eigenvalue weighted by Gasteiger charge is 2.16. The lowest BCUT2D eigenvalue weighted by Gasteiger charge is -2.21. The Bertz CT molecular complexity index is 452. The zero-order valence-corrected chi connectivity index (χ0v) is 11.7. The Labute approximate surface area is 117 Å². The van der Waals surface area contributed by atoms with E-state index in [1.807, 2.05) is 23.9 Å². The number of hydrogen-bond acceptors (Lipinski definition) is 5. The minimum Gasteiger partial charge on any atom is -0.464 e. The van der Waals surface area contributed by atoms with Gasteiger partial charge in [0.1, 0.15) is 5.71 Å². The Morgan fingerprint density at radius 1 is 1.32 bits per heavy atom. The molecule has 5 heteroatoms. The third-order valence-electron chi connectivity index (χ3n) is 3.00. The second kappa shape index (κ2) is 6.73. The molecule has 1 aromatic carbocycles. The summed E-state index contributed by atoms with van der Waals surface area (Å²) in [4.78, 5) is 12.4. The van der Waals surface area contributed by atoms with E-state index in [9.17, 15) is 4.79 Å². The van der Waals surface area contributed by atoms with E-state index in [-0.39, 0.29) is 5.71 Å². The van der Waals surface area contributed by atoms with Gasteiger partial charge in [-0.15, -0.1) is 11.8 Å². The number of ether oxygens (including phenoxy) is 2. The van der Waals surface area contributed by atoms with Crippen molar-refractivity contribution in [2.24, 2.45) is 0 Å². The molecule has 0 radical (unpaired) electrons. The molecule has 1 aromatic rings. The predicted molar refractivity (Wildman–Crippen MR) is 75.0 cm³/mol. The molecule has 0 aliphatic carbocycles. The molecule has 19 heavy (non-hydrogen) atoms. The SMILES string of the molecule is COC(=O)C(=N)c1ccc(SC2CCOCC2)cc1. The van der Waals surface area contributed by atoms with Crippen LogP contribution in [0.25, 0.3) is 0 Å². The van der Waals surface area contributed by atoms with E-state index in [4.69, 9.17) is 10.1 Å². The number of carbonyl (C=O) groups excluding carboxylic acids is 1. The first-order valence-corrected chi connectivity index (χ1v) is 7.10. The molecule has 0 spiro atoms. The summed E-state index contributed by atoms with van der Waals surface area (Å²) < 4.78 is 9.87. The van der Waals surface area contributed by atoms with E-state index in [2.05, 4.69) is 4.74 Å². The fourth-order valence-corrected chi connectivity index (χ4v) is 3.01. The van der Waals surface area contributed by atoms with Gasteiger partial charge in [-0.3, -0.25) is 5.41 Å². The topological polar surface area (TPSA) is 59.4 Å². The number of nitrogens with one attached hydrogen (secondary N) is 1. The van der Waals surface area contributed by atoms with Gasteiger partial charge in [0.05, 0.1) is 7.11 Å². The fraction of sp³-hybridized carbons (Fsp3) is 0.429.